The number of aliphatic imine (C=N–C) groups is 1. The average molecular weight is 269 g/mol. The van der Waals surface area contributed by atoms with Gasteiger partial charge in [-0.05, 0) is 19.8 Å². The minimum atomic E-state index is -0.489. The third-order valence-electron chi connectivity index (χ3n) is 3.15. The van der Waals surface area contributed by atoms with E-state index in [1.54, 1.807) is 0 Å². The van der Waals surface area contributed by atoms with E-state index in [9.17, 15) is 4.79 Å². The first-order chi connectivity index (χ1) is 9.17. The zero-order chi connectivity index (χ0) is 14.1. The molecule has 0 aromatic rings. The van der Waals surface area contributed by atoms with Gasteiger partial charge in [0.1, 0.15) is 5.84 Å². The van der Waals surface area contributed by atoms with Gasteiger partial charge < -0.3 is 14.4 Å². The van der Waals surface area contributed by atoms with E-state index >= 15 is 0 Å². The van der Waals surface area contributed by atoms with Crippen molar-refractivity contribution in [1.29, 1.82) is 0 Å². The molecule has 0 bridgehead atoms. The molecule has 0 aliphatic carbocycles. The first-order valence-electron chi connectivity index (χ1n) is 7.05. The predicted molar refractivity (Wildman–Crippen MR) is 75.3 cm³/mol. The molecule has 0 N–H and O–H groups in total. The number of amides is 1. The Morgan fingerprint density at radius 1 is 1.53 bits per heavy atom. The lowest BCUT2D eigenvalue weighted by atomic mass is 10.2. The van der Waals surface area contributed by atoms with Crippen LogP contribution in [0.15, 0.2) is 4.99 Å². The van der Waals surface area contributed by atoms with Gasteiger partial charge in [0.25, 0.3) is 0 Å². The van der Waals surface area contributed by atoms with E-state index in [0.29, 0.717) is 19.0 Å². The average Bonchev–Trinajstić information content (AvgIpc) is 2.43. The number of ether oxygens (including phenoxy) is 2. The maximum atomic E-state index is 11.5. The Morgan fingerprint density at radius 2 is 2.32 bits per heavy atom. The SMILES string of the molecule is C[CH]C1CN(C(C)=NC(=O)OCCCCC)CCO1. The summed E-state index contributed by atoms with van der Waals surface area (Å²) < 4.78 is 10.6. The van der Waals surface area contributed by atoms with Crippen LogP contribution in [-0.4, -0.2) is 49.2 Å². The van der Waals surface area contributed by atoms with E-state index in [-0.39, 0.29) is 6.10 Å². The summed E-state index contributed by atoms with van der Waals surface area (Å²) in [6, 6.07) is 0. The summed E-state index contributed by atoms with van der Waals surface area (Å²) in [5.41, 5.74) is 0. The van der Waals surface area contributed by atoms with E-state index in [2.05, 4.69) is 16.8 Å². The number of unbranched alkanes of at least 4 members (excludes halogenated alkanes) is 2. The Balaban J connectivity index is 2.35. The van der Waals surface area contributed by atoms with Gasteiger partial charge in [-0.2, -0.15) is 4.99 Å². The van der Waals surface area contributed by atoms with Gasteiger partial charge in [-0.1, -0.05) is 26.7 Å². The zero-order valence-electron chi connectivity index (χ0n) is 12.2. The number of morpholine rings is 1. The minimum Gasteiger partial charge on any atom is -0.448 e. The van der Waals surface area contributed by atoms with Crippen molar-refractivity contribution in [3.05, 3.63) is 6.42 Å². The maximum Gasteiger partial charge on any atom is 0.435 e. The molecule has 1 aliphatic heterocycles. The number of nitrogens with zero attached hydrogens (tertiary/aromatic N) is 2. The van der Waals surface area contributed by atoms with Crippen LogP contribution < -0.4 is 0 Å². The Morgan fingerprint density at radius 3 is 3.00 bits per heavy atom. The van der Waals surface area contributed by atoms with Gasteiger partial charge in [-0.25, -0.2) is 4.79 Å². The van der Waals surface area contributed by atoms with E-state index < -0.39 is 6.09 Å². The molecule has 1 saturated heterocycles. The van der Waals surface area contributed by atoms with Crippen molar-refractivity contribution in [1.82, 2.24) is 4.90 Å². The van der Waals surface area contributed by atoms with Gasteiger partial charge in [0, 0.05) is 13.1 Å². The summed E-state index contributed by atoms with van der Waals surface area (Å²) in [5.74, 6) is 0.704. The highest BCUT2D eigenvalue weighted by molar-refractivity contribution is 5.90. The molecule has 0 aromatic heterocycles. The van der Waals surface area contributed by atoms with Gasteiger partial charge in [-0.3, -0.25) is 0 Å². The van der Waals surface area contributed by atoms with Crippen LogP contribution in [0.2, 0.25) is 0 Å². The van der Waals surface area contributed by atoms with Crippen molar-refractivity contribution in [2.45, 2.75) is 46.1 Å². The molecule has 1 amide bonds. The van der Waals surface area contributed by atoms with Gasteiger partial charge in [-0.15, -0.1) is 0 Å². The molecule has 19 heavy (non-hydrogen) atoms. The second-order valence-corrected chi connectivity index (χ2v) is 4.67. The lowest BCUT2D eigenvalue weighted by molar-refractivity contribution is 0.0133. The number of rotatable bonds is 5. The van der Waals surface area contributed by atoms with Crippen LogP contribution in [0.25, 0.3) is 0 Å². The second-order valence-electron chi connectivity index (χ2n) is 4.67. The highest BCUT2D eigenvalue weighted by Crippen LogP contribution is 2.08. The van der Waals surface area contributed by atoms with E-state index in [1.807, 2.05) is 20.3 Å². The zero-order valence-corrected chi connectivity index (χ0v) is 12.2. The Labute approximate surface area is 116 Å². The molecule has 1 rings (SSSR count). The van der Waals surface area contributed by atoms with Crippen LogP contribution in [0.4, 0.5) is 4.79 Å². The van der Waals surface area contributed by atoms with E-state index in [0.717, 1.165) is 32.4 Å². The largest absolute Gasteiger partial charge is 0.448 e. The fourth-order valence-corrected chi connectivity index (χ4v) is 1.92. The van der Waals surface area contributed by atoms with Gasteiger partial charge in [0.15, 0.2) is 0 Å². The van der Waals surface area contributed by atoms with Gasteiger partial charge in [0.2, 0.25) is 0 Å². The fraction of sp³-hybridized carbons (Fsp3) is 0.786. The molecule has 109 valence electrons. The van der Waals surface area contributed by atoms with Crippen LogP contribution in [-0.2, 0) is 9.47 Å². The normalized spacial score (nSPS) is 20.5. The summed E-state index contributed by atoms with van der Waals surface area (Å²) >= 11 is 0. The van der Waals surface area contributed by atoms with Crippen LogP contribution in [0, 0.1) is 6.42 Å². The molecule has 5 heteroatoms. The number of hydrogen-bond donors (Lipinski definition) is 0. The number of hydrogen-bond acceptors (Lipinski definition) is 3. The van der Waals surface area contributed by atoms with Gasteiger partial charge in [0.05, 0.1) is 19.3 Å². The first kappa shape index (κ1) is 16.0. The summed E-state index contributed by atoms with van der Waals surface area (Å²) in [4.78, 5) is 17.6. The number of amidine groups is 1. The maximum absolute atomic E-state index is 11.5. The second kappa shape index (κ2) is 8.91. The van der Waals surface area contributed by atoms with Crippen LogP contribution in [0.1, 0.15) is 40.0 Å². The van der Waals surface area contributed by atoms with Crippen molar-refractivity contribution >= 4 is 11.9 Å². The van der Waals surface area contributed by atoms with Gasteiger partial charge >= 0.3 is 6.09 Å². The fourth-order valence-electron chi connectivity index (χ4n) is 1.92. The van der Waals surface area contributed by atoms with Crippen molar-refractivity contribution in [2.24, 2.45) is 4.99 Å². The highest BCUT2D eigenvalue weighted by Gasteiger charge is 2.20. The summed E-state index contributed by atoms with van der Waals surface area (Å²) in [6.45, 7) is 8.56. The molecule has 0 saturated carbocycles. The molecular weight excluding hydrogens is 244 g/mol. The number of carbonyl (C=O) groups is 1. The highest BCUT2D eigenvalue weighted by atomic mass is 16.5. The minimum absolute atomic E-state index is 0.111. The monoisotopic (exact) mass is 269 g/mol. The smallest absolute Gasteiger partial charge is 0.435 e. The molecule has 0 spiro atoms. The van der Waals surface area contributed by atoms with Crippen LogP contribution in [0.3, 0.4) is 0 Å². The summed E-state index contributed by atoms with van der Waals surface area (Å²) in [6.07, 6.45) is 4.73. The third-order valence-corrected chi connectivity index (χ3v) is 3.15. The van der Waals surface area contributed by atoms with Crippen molar-refractivity contribution in [2.75, 3.05) is 26.3 Å². The van der Waals surface area contributed by atoms with E-state index in [4.69, 9.17) is 9.47 Å². The Bertz CT molecular complexity index is 305. The topological polar surface area (TPSA) is 51.1 Å². The molecule has 1 atom stereocenters. The van der Waals surface area contributed by atoms with Crippen LogP contribution >= 0.6 is 0 Å². The Kier molecular flexibility index (Phi) is 7.48. The van der Waals surface area contributed by atoms with E-state index in [1.165, 1.54) is 0 Å². The molecule has 1 aliphatic rings. The molecule has 1 unspecified atom stereocenters. The predicted octanol–water partition coefficient (Wildman–Crippen LogP) is 2.66. The Hall–Kier alpha value is -1.10. The summed E-state index contributed by atoms with van der Waals surface area (Å²) in [7, 11) is 0. The first-order valence-corrected chi connectivity index (χ1v) is 7.05. The van der Waals surface area contributed by atoms with Crippen molar-refractivity contribution in [3.63, 3.8) is 0 Å². The molecule has 1 fully saturated rings. The molecular formula is C14H25N2O3. The third kappa shape index (κ3) is 6.05. The number of carbonyl (C=O) groups excluding carboxylic acids is 1. The standard InChI is InChI=1S/C14H25N2O3/c1-4-6-7-9-19-14(17)15-12(3)16-8-10-18-13(5-2)11-16/h5,13H,4,6-11H2,1-3H3. The van der Waals surface area contributed by atoms with Crippen molar-refractivity contribution in [3.8, 4) is 0 Å². The lowest BCUT2D eigenvalue weighted by Gasteiger charge is -2.33. The molecule has 5 nitrogen and oxygen atoms in total. The molecule has 1 radical (unpaired) electrons. The van der Waals surface area contributed by atoms with Crippen LogP contribution in [0.5, 0.6) is 0 Å². The summed E-state index contributed by atoms with van der Waals surface area (Å²) in [5, 5.41) is 0. The molecule has 1 heterocycles. The molecule has 0 aromatic carbocycles. The quantitative estimate of drug-likeness (QED) is 0.437. The van der Waals surface area contributed by atoms with Crippen molar-refractivity contribution < 1.29 is 14.3 Å². The lowest BCUT2D eigenvalue weighted by Crippen LogP contribution is -2.44.